The SMILES string of the molecule is C=C[SiH2]O[Si](C)(C)O[SiH](C)C. The van der Waals surface area contributed by atoms with Crippen LogP contribution in [-0.2, 0) is 8.23 Å². The lowest BCUT2D eigenvalue weighted by Gasteiger charge is -2.25. The molecular weight excluding hydrogens is 188 g/mol. The highest BCUT2D eigenvalue weighted by Gasteiger charge is 2.24. The van der Waals surface area contributed by atoms with Gasteiger partial charge in [0.2, 0.25) is 0 Å². The molecule has 0 aliphatic carbocycles. The summed E-state index contributed by atoms with van der Waals surface area (Å²) in [5.74, 6) is 0. The highest BCUT2D eigenvalue weighted by atomic mass is 28.4. The molecular formula is C6H18O2Si3. The van der Waals surface area contributed by atoms with E-state index in [1.54, 1.807) is 0 Å². The lowest BCUT2D eigenvalue weighted by atomic mass is 11.3. The molecule has 0 fully saturated rings. The highest BCUT2D eigenvalue weighted by Crippen LogP contribution is 2.06. The number of rotatable bonds is 5. The summed E-state index contributed by atoms with van der Waals surface area (Å²) in [5, 5.41) is 0. The van der Waals surface area contributed by atoms with Gasteiger partial charge in [0.05, 0.1) is 0 Å². The van der Waals surface area contributed by atoms with Gasteiger partial charge in [-0.2, -0.15) is 0 Å². The first-order valence-corrected chi connectivity index (χ1v) is 10.9. The van der Waals surface area contributed by atoms with Crippen molar-refractivity contribution in [3.05, 3.63) is 12.3 Å². The minimum absolute atomic E-state index is 0.503. The second-order valence-electron chi connectivity index (χ2n) is 3.17. The van der Waals surface area contributed by atoms with Crippen LogP contribution in [0.15, 0.2) is 12.3 Å². The van der Waals surface area contributed by atoms with Gasteiger partial charge in [-0.05, 0) is 26.2 Å². The lowest BCUT2D eigenvalue weighted by Crippen LogP contribution is -2.39. The van der Waals surface area contributed by atoms with E-state index >= 15 is 0 Å². The molecule has 0 rings (SSSR count). The van der Waals surface area contributed by atoms with Crippen molar-refractivity contribution in [2.45, 2.75) is 26.2 Å². The van der Waals surface area contributed by atoms with Crippen molar-refractivity contribution in [3.8, 4) is 0 Å². The zero-order valence-corrected chi connectivity index (χ0v) is 11.5. The van der Waals surface area contributed by atoms with Crippen LogP contribution in [0.3, 0.4) is 0 Å². The van der Waals surface area contributed by atoms with Crippen molar-refractivity contribution < 1.29 is 8.23 Å². The highest BCUT2D eigenvalue weighted by molar-refractivity contribution is 6.76. The Morgan fingerprint density at radius 2 is 2.00 bits per heavy atom. The van der Waals surface area contributed by atoms with E-state index in [9.17, 15) is 0 Å². The molecule has 5 heteroatoms. The molecule has 0 aromatic carbocycles. The molecule has 0 aliphatic heterocycles. The topological polar surface area (TPSA) is 18.5 Å². The summed E-state index contributed by atoms with van der Waals surface area (Å²) < 4.78 is 11.4. The molecule has 0 aliphatic rings. The predicted octanol–water partition coefficient (Wildman–Crippen LogP) is 0.932. The quantitative estimate of drug-likeness (QED) is 0.623. The van der Waals surface area contributed by atoms with E-state index in [0.717, 1.165) is 0 Å². The molecule has 0 saturated heterocycles. The average molecular weight is 206 g/mol. The Hall–Kier alpha value is 0.311. The van der Waals surface area contributed by atoms with E-state index in [1.807, 2.05) is 5.70 Å². The van der Waals surface area contributed by atoms with E-state index in [1.165, 1.54) is 0 Å². The Morgan fingerprint density at radius 1 is 1.45 bits per heavy atom. The molecule has 0 amide bonds. The minimum atomic E-state index is -1.74. The van der Waals surface area contributed by atoms with E-state index < -0.39 is 27.4 Å². The van der Waals surface area contributed by atoms with Crippen LogP contribution in [-0.4, -0.2) is 27.4 Å². The Bertz CT molecular complexity index is 125. The van der Waals surface area contributed by atoms with Crippen LogP contribution in [0, 0.1) is 0 Å². The molecule has 11 heavy (non-hydrogen) atoms. The fourth-order valence-corrected chi connectivity index (χ4v) is 8.36. The third-order valence-corrected chi connectivity index (χ3v) is 8.91. The van der Waals surface area contributed by atoms with Gasteiger partial charge in [0.1, 0.15) is 0 Å². The van der Waals surface area contributed by atoms with Gasteiger partial charge in [-0.1, -0.05) is 5.70 Å². The minimum Gasteiger partial charge on any atom is -0.440 e. The summed E-state index contributed by atoms with van der Waals surface area (Å²) in [6, 6.07) is 0. The zero-order chi connectivity index (χ0) is 8.91. The van der Waals surface area contributed by atoms with E-state index in [4.69, 9.17) is 8.23 Å². The molecule has 0 unspecified atom stereocenters. The molecule has 0 spiro atoms. The van der Waals surface area contributed by atoms with Gasteiger partial charge in [0.25, 0.3) is 0 Å². The third kappa shape index (κ3) is 6.70. The average Bonchev–Trinajstić information content (AvgIpc) is 1.81. The van der Waals surface area contributed by atoms with Crippen molar-refractivity contribution in [1.82, 2.24) is 0 Å². The van der Waals surface area contributed by atoms with Gasteiger partial charge in [0, 0.05) is 0 Å². The fraction of sp³-hybridized carbons (Fsp3) is 0.667. The summed E-state index contributed by atoms with van der Waals surface area (Å²) >= 11 is 0. The summed E-state index contributed by atoms with van der Waals surface area (Å²) in [4.78, 5) is 0. The Kier molecular flexibility index (Phi) is 5.19. The second kappa shape index (κ2) is 5.04. The van der Waals surface area contributed by atoms with Crippen LogP contribution in [0.25, 0.3) is 0 Å². The van der Waals surface area contributed by atoms with Crippen molar-refractivity contribution >= 4 is 27.4 Å². The maximum absolute atomic E-state index is 5.78. The summed E-state index contributed by atoms with van der Waals surface area (Å²) in [6.07, 6.45) is 0. The van der Waals surface area contributed by atoms with Gasteiger partial charge >= 0.3 is 8.56 Å². The van der Waals surface area contributed by atoms with E-state index in [0.29, 0.717) is 0 Å². The molecule has 0 heterocycles. The smallest absolute Gasteiger partial charge is 0.310 e. The normalized spacial score (nSPS) is 13.2. The van der Waals surface area contributed by atoms with Crippen molar-refractivity contribution in [3.63, 3.8) is 0 Å². The van der Waals surface area contributed by atoms with Gasteiger partial charge in [-0.25, -0.2) is 0 Å². The van der Waals surface area contributed by atoms with Crippen LogP contribution in [0.5, 0.6) is 0 Å². The molecule has 2 nitrogen and oxygen atoms in total. The van der Waals surface area contributed by atoms with Crippen LogP contribution in [0.1, 0.15) is 0 Å². The molecule has 0 N–H and O–H groups in total. The van der Waals surface area contributed by atoms with Gasteiger partial charge in [-0.15, -0.1) is 6.58 Å². The first-order chi connectivity index (χ1) is 4.98. The summed E-state index contributed by atoms with van der Waals surface area (Å²) in [6.45, 7) is 12.2. The largest absolute Gasteiger partial charge is 0.440 e. The van der Waals surface area contributed by atoms with Crippen LogP contribution in [0.2, 0.25) is 26.2 Å². The standard InChI is InChI=1S/C6H18O2Si3/c1-6-9-7-11(4,5)8-10(2)3/h6,10H,1,9H2,2-5H3. The number of hydrogen-bond donors (Lipinski definition) is 0. The predicted molar refractivity (Wildman–Crippen MR) is 57.3 cm³/mol. The van der Waals surface area contributed by atoms with Crippen molar-refractivity contribution in [2.75, 3.05) is 0 Å². The molecule has 0 atom stereocenters. The fourth-order valence-electron chi connectivity index (χ4n) is 0.861. The Balaban J connectivity index is 3.69. The molecule has 0 aromatic rings. The first kappa shape index (κ1) is 11.3. The van der Waals surface area contributed by atoms with Gasteiger partial charge < -0.3 is 8.23 Å². The number of hydrogen-bond acceptors (Lipinski definition) is 2. The van der Waals surface area contributed by atoms with Crippen molar-refractivity contribution in [2.24, 2.45) is 0 Å². The van der Waals surface area contributed by atoms with Crippen LogP contribution >= 0.6 is 0 Å². The van der Waals surface area contributed by atoms with Gasteiger partial charge in [-0.3, -0.25) is 0 Å². The monoisotopic (exact) mass is 206 g/mol. The molecule has 0 radical (unpaired) electrons. The summed E-state index contributed by atoms with van der Waals surface area (Å²) in [7, 11) is -3.15. The summed E-state index contributed by atoms with van der Waals surface area (Å²) in [5.41, 5.74) is 1.90. The Morgan fingerprint density at radius 3 is 2.36 bits per heavy atom. The van der Waals surface area contributed by atoms with Crippen molar-refractivity contribution in [1.29, 1.82) is 0 Å². The maximum atomic E-state index is 5.78. The third-order valence-electron chi connectivity index (χ3n) is 1.07. The molecule has 0 saturated carbocycles. The van der Waals surface area contributed by atoms with Crippen LogP contribution < -0.4 is 0 Å². The van der Waals surface area contributed by atoms with Crippen LogP contribution in [0.4, 0.5) is 0 Å². The zero-order valence-electron chi connectivity index (χ0n) is 7.89. The molecule has 0 aromatic heterocycles. The lowest BCUT2D eigenvalue weighted by molar-refractivity contribution is 0.424. The molecule has 66 valence electrons. The Labute approximate surface area is 74.5 Å². The van der Waals surface area contributed by atoms with Gasteiger partial charge in [0.15, 0.2) is 18.8 Å². The first-order valence-electron chi connectivity index (χ1n) is 3.90. The van der Waals surface area contributed by atoms with E-state index in [-0.39, 0.29) is 0 Å². The van der Waals surface area contributed by atoms with E-state index in [2.05, 4.69) is 32.8 Å². The second-order valence-corrected chi connectivity index (χ2v) is 11.1. The molecule has 0 bridgehead atoms. The maximum Gasteiger partial charge on any atom is 0.310 e.